The van der Waals surface area contributed by atoms with Crippen LogP contribution in [0.25, 0.3) is 10.8 Å². The lowest BCUT2D eigenvalue weighted by molar-refractivity contribution is -0.124. The van der Waals surface area contributed by atoms with Gasteiger partial charge < -0.3 is 20.5 Å². The number of carboxylic acid groups (broad SMARTS) is 1. The van der Waals surface area contributed by atoms with Gasteiger partial charge in [-0.3, -0.25) is 4.79 Å². The summed E-state index contributed by atoms with van der Waals surface area (Å²) in [5.74, 6) is -0.442. The number of carbonyl (C=O) groups is 2. The van der Waals surface area contributed by atoms with Crippen LogP contribution in [0, 0.1) is 0 Å². The number of carboxylic acids is 1. The molecule has 32 heavy (non-hydrogen) atoms. The number of amides is 1. The van der Waals surface area contributed by atoms with Gasteiger partial charge in [0, 0.05) is 24.2 Å². The molecule has 6 nitrogen and oxygen atoms in total. The number of aromatic carboxylic acids is 1. The molecule has 0 aliphatic heterocycles. The molecule has 170 valence electrons. The molecule has 0 saturated heterocycles. The van der Waals surface area contributed by atoms with E-state index in [2.05, 4.69) is 10.6 Å². The first-order chi connectivity index (χ1) is 14.7. The van der Waals surface area contributed by atoms with E-state index in [4.69, 9.17) is 9.84 Å². The van der Waals surface area contributed by atoms with Crippen molar-refractivity contribution in [2.75, 3.05) is 6.61 Å². The smallest absolute Gasteiger partial charge is 0.335 e. The van der Waals surface area contributed by atoms with Crippen LogP contribution in [0.1, 0.15) is 42.3 Å². The minimum atomic E-state index is -0.937. The summed E-state index contributed by atoms with van der Waals surface area (Å²) in [7, 11) is 0. The lowest BCUT2D eigenvalue weighted by Gasteiger charge is -2.21. The van der Waals surface area contributed by atoms with E-state index in [0.29, 0.717) is 18.8 Å². The average molecular weight is 457 g/mol. The van der Waals surface area contributed by atoms with Crippen molar-refractivity contribution >= 4 is 35.1 Å². The third kappa shape index (κ3) is 6.97. The molecule has 0 fully saturated rings. The molecule has 0 heterocycles. The molecule has 0 atom stereocenters. The van der Waals surface area contributed by atoms with Gasteiger partial charge in [0.1, 0.15) is 5.75 Å². The Morgan fingerprint density at radius 2 is 1.62 bits per heavy atom. The van der Waals surface area contributed by atoms with E-state index in [1.54, 1.807) is 24.3 Å². The largest absolute Gasteiger partial charge is 0.483 e. The number of fused-ring (bicyclic) bond motifs is 1. The highest BCUT2D eigenvalue weighted by atomic mass is 35.5. The van der Waals surface area contributed by atoms with E-state index < -0.39 is 5.97 Å². The summed E-state index contributed by atoms with van der Waals surface area (Å²) in [4.78, 5) is 23.2. The van der Waals surface area contributed by atoms with Crippen LogP contribution in [0.5, 0.6) is 5.75 Å². The predicted octanol–water partition coefficient (Wildman–Crippen LogP) is 4.54. The number of ether oxygens (including phenoxy) is 1. The van der Waals surface area contributed by atoms with Gasteiger partial charge in [-0.05, 0) is 55.3 Å². The fourth-order valence-electron chi connectivity index (χ4n) is 3.33. The van der Waals surface area contributed by atoms with Crippen molar-refractivity contribution in [3.63, 3.8) is 0 Å². The van der Waals surface area contributed by atoms with Gasteiger partial charge in [-0.2, -0.15) is 0 Å². The van der Waals surface area contributed by atoms with Crippen LogP contribution in [-0.4, -0.2) is 29.1 Å². The van der Waals surface area contributed by atoms with E-state index in [1.807, 2.05) is 57.2 Å². The molecule has 0 bridgehead atoms. The molecular weight excluding hydrogens is 428 g/mol. The first kappa shape index (κ1) is 25.2. The standard InChI is InChI=1S/C25H28N2O4.ClH/c1-25(2,3)27-23(28)16-31-22-13-12-18-6-4-5-7-20(18)21(22)15-26-14-17-8-10-19(11-9-17)24(29)30;/h4-13,26H,14-16H2,1-3H3,(H,27,28)(H,29,30);1H. The molecule has 0 aliphatic rings. The lowest BCUT2D eigenvalue weighted by Crippen LogP contribution is -2.43. The fourth-order valence-corrected chi connectivity index (χ4v) is 3.33. The summed E-state index contributed by atoms with van der Waals surface area (Å²) >= 11 is 0. The molecule has 3 rings (SSSR count). The summed E-state index contributed by atoms with van der Waals surface area (Å²) < 4.78 is 5.88. The molecule has 0 radical (unpaired) electrons. The van der Waals surface area contributed by atoms with E-state index in [-0.39, 0.29) is 36.0 Å². The lowest BCUT2D eigenvalue weighted by atomic mass is 10.0. The van der Waals surface area contributed by atoms with Crippen molar-refractivity contribution < 1.29 is 19.4 Å². The first-order valence-electron chi connectivity index (χ1n) is 10.2. The molecule has 3 aromatic rings. The summed E-state index contributed by atoms with van der Waals surface area (Å²) in [5.41, 5.74) is 1.91. The number of benzene rings is 3. The highest BCUT2D eigenvalue weighted by Crippen LogP contribution is 2.28. The van der Waals surface area contributed by atoms with Crippen molar-refractivity contribution in [2.45, 2.75) is 39.4 Å². The monoisotopic (exact) mass is 456 g/mol. The third-order valence-corrected chi connectivity index (χ3v) is 4.70. The molecule has 0 spiro atoms. The second kappa shape index (κ2) is 11.0. The SMILES string of the molecule is CC(C)(C)NC(=O)COc1ccc2ccccc2c1CNCc1ccc(C(=O)O)cc1.Cl. The van der Waals surface area contributed by atoms with Crippen LogP contribution in [0.2, 0.25) is 0 Å². The second-order valence-electron chi connectivity index (χ2n) is 8.46. The van der Waals surface area contributed by atoms with Crippen LogP contribution in [-0.2, 0) is 17.9 Å². The van der Waals surface area contributed by atoms with Crippen LogP contribution in [0.15, 0.2) is 60.7 Å². The number of halogens is 1. The molecular formula is C25H29ClN2O4. The number of hydrogen-bond donors (Lipinski definition) is 3. The molecule has 0 aromatic heterocycles. The molecule has 0 aliphatic carbocycles. The van der Waals surface area contributed by atoms with Crippen molar-refractivity contribution in [3.8, 4) is 5.75 Å². The van der Waals surface area contributed by atoms with Crippen LogP contribution < -0.4 is 15.4 Å². The Morgan fingerprint density at radius 1 is 0.938 bits per heavy atom. The van der Waals surface area contributed by atoms with Gasteiger partial charge in [0.25, 0.3) is 5.91 Å². The number of hydrogen-bond acceptors (Lipinski definition) is 4. The van der Waals surface area contributed by atoms with E-state index in [0.717, 1.165) is 21.9 Å². The van der Waals surface area contributed by atoms with E-state index in [9.17, 15) is 9.59 Å². The van der Waals surface area contributed by atoms with Crippen LogP contribution >= 0.6 is 12.4 Å². The molecule has 1 amide bonds. The van der Waals surface area contributed by atoms with Gasteiger partial charge in [-0.1, -0.05) is 42.5 Å². The van der Waals surface area contributed by atoms with Crippen molar-refractivity contribution in [1.29, 1.82) is 0 Å². The van der Waals surface area contributed by atoms with Gasteiger partial charge >= 0.3 is 5.97 Å². The topological polar surface area (TPSA) is 87.7 Å². The van der Waals surface area contributed by atoms with Crippen LogP contribution in [0.4, 0.5) is 0 Å². The molecule has 3 aromatic carbocycles. The molecule has 7 heteroatoms. The summed E-state index contributed by atoms with van der Waals surface area (Å²) in [5, 5.41) is 17.5. The second-order valence-corrected chi connectivity index (χ2v) is 8.46. The fraction of sp³-hybridized carbons (Fsp3) is 0.280. The third-order valence-electron chi connectivity index (χ3n) is 4.70. The zero-order chi connectivity index (χ0) is 22.4. The zero-order valence-electron chi connectivity index (χ0n) is 18.5. The van der Waals surface area contributed by atoms with Gasteiger partial charge in [0.05, 0.1) is 5.56 Å². The maximum Gasteiger partial charge on any atom is 0.335 e. The van der Waals surface area contributed by atoms with Gasteiger partial charge in [0.15, 0.2) is 6.61 Å². The minimum absolute atomic E-state index is 0. The Kier molecular flexibility index (Phi) is 8.63. The summed E-state index contributed by atoms with van der Waals surface area (Å²) in [6, 6.07) is 18.7. The van der Waals surface area contributed by atoms with E-state index in [1.165, 1.54) is 0 Å². The minimum Gasteiger partial charge on any atom is -0.483 e. The Balaban J connectivity index is 0.00000363. The Labute approximate surface area is 194 Å². The number of carbonyl (C=O) groups excluding carboxylic acids is 1. The van der Waals surface area contributed by atoms with Crippen LogP contribution in [0.3, 0.4) is 0 Å². The van der Waals surface area contributed by atoms with Crippen molar-refractivity contribution in [3.05, 3.63) is 77.4 Å². The normalized spacial score (nSPS) is 11.0. The van der Waals surface area contributed by atoms with Gasteiger partial charge in [-0.15, -0.1) is 12.4 Å². The maximum absolute atomic E-state index is 12.2. The Morgan fingerprint density at radius 3 is 2.28 bits per heavy atom. The average Bonchev–Trinajstić information content (AvgIpc) is 2.72. The maximum atomic E-state index is 12.2. The first-order valence-corrected chi connectivity index (χ1v) is 10.2. The molecule has 3 N–H and O–H groups in total. The number of nitrogens with one attached hydrogen (secondary N) is 2. The Bertz CT molecular complexity index is 1080. The summed E-state index contributed by atoms with van der Waals surface area (Å²) in [6.45, 7) is 6.85. The Hall–Kier alpha value is -3.09. The molecule has 0 unspecified atom stereocenters. The van der Waals surface area contributed by atoms with E-state index >= 15 is 0 Å². The van der Waals surface area contributed by atoms with Gasteiger partial charge in [-0.25, -0.2) is 4.79 Å². The molecule has 0 saturated carbocycles. The van der Waals surface area contributed by atoms with Gasteiger partial charge in [0.2, 0.25) is 0 Å². The number of rotatable bonds is 8. The quantitative estimate of drug-likeness (QED) is 0.463. The highest BCUT2D eigenvalue weighted by molar-refractivity contribution is 5.88. The highest BCUT2D eigenvalue weighted by Gasteiger charge is 2.15. The van der Waals surface area contributed by atoms with Crippen molar-refractivity contribution in [2.24, 2.45) is 0 Å². The summed E-state index contributed by atoms with van der Waals surface area (Å²) in [6.07, 6.45) is 0. The predicted molar refractivity (Wildman–Crippen MR) is 129 cm³/mol. The zero-order valence-corrected chi connectivity index (χ0v) is 19.3. The van der Waals surface area contributed by atoms with Crippen molar-refractivity contribution in [1.82, 2.24) is 10.6 Å².